The first-order valence-electron chi connectivity index (χ1n) is 6.70. The summed E-state index contributed by atoms with van der Waals surface area (Å²) in [4.78, 5) is 14.0. The smallest absolute Gasteiger partial charge is 0.238 e. The van der Waals surface area contributed by atoms with Crippen molar-refractivity contribution >= 4 is 21.6 Å². The summed E-state index contributed by atoms with van der Waals surface area (Å²) in [7, 11) is -1.81. The van der Waals surface area contributed by atoms with E-state index in [-0.39, 0.29) is 22.9 Å². The minimum atomic E-state index is -3.71. The lowest BCUT2D eigenvalue weighted by molar-refractivity contribution is -0.118. The van der Waals surface area contributed by atoms with Crippen LogP contribution in [0.3, 0.4) is 0 Å². The molecule has 1 aromatic rings. The third-order valence-corrected chi connectivity index (χ3v) is 4.68. The molecule has 0 atom stereocenters. The molecule has 1 amide bonds. The molecule has 1 rings (SSSR count). The lowest BCUT2D eigenvalue weighted by Crippen LogP contribution is -2.44. The van der Waals surface area contributed by atoms with Gasteiger partial charge in [-0.1, -0.05) is 6.92 Å². The number of rotatable bonds is 6. The van der Waals surface area contributed by atoms with Gasteiger partial charge in [0.25, 0.3) is 0 Å². The number of nitrogens with one attached hydrogen (secondary N) is 1. The van der Waals surface area contributed by atoms with Gasteiger partial charge in [0.1, 0.15) is 0 Å². The molecular weight excluding hydrogens is 290 g/mol. The topological polar surface area (TPSA) is 92.5 Å². The SMILES string of the molecule is CCC(C)(C)N(C)CC(=O)Nc1ccc(S(N)(=O)=O)cc1. The quantitative estimate of drug-likeness (QED) is 0.830. The van der Waals surface area contributed by atoms with E-state index >= 15 is 0 Å². The van der Waals surface area contributed by atoms with Gasteiger partial charge < -0.3 is 5.32 Å². The van der Waals surface area contributed by atoms with Crippen LogP contribution in [0.5, 0.6) is 0 Å². The van der Waals surface area contributed by atoms with E-state index in [1.807, 2.05) is 11.9 Å². The number of hydrogen-bond donors (Lipinski definition) is 2. The van der Waals surface area contributed by atoms with E-state index in [0.717, 1.165) is 6.42 Å². The van der Waals surface area contributed by atoms with Gasteiger partial charge in [-0.05, 0) is 51.6 Å². The molecule has 7 heteroatoms. The van der Waals surface area contributed by atoms with Gasteiger partial charge in [0.15, 0.2) is 0 Å². The summed E-state index contributed by atoms with van der Waals surface area (Å²) in [5, 5.41) is 7.75. The van der Waals surface area contributed by atoms with Gasteiger partial charge in [-0.25, -0.2) is 13.6 Å². The van der Waals surface area contributed by atoms with Crippen LogP contribution in [0.4, 0.5) is 5.69 Å². The number of anilines is 1. The Morgan fingerprint density at radius 3 is 2.24 bits per heavy atom. The molecule has 0 radical (unpaired) electrons. The third-order valence-electron chi connectivity index (χ3n) is 3.75. The molecule has 6 nitrogen and oxygen atoms in total. The number of nitrogens with zero attached hydrogens (tertiary/aromatic N) is 1. The van der Waals surface area contributed by atoms with Crippen molar-refractivity contribution in [2.45, 2.75) is 37.6 Å². The summed E-state index contributed by atoms with van der Waals surface area (Å²) in [5.41, 5.74) is 0.476. The summed E-state index contributed by atoms with van der Waals surface area (Å²) >= 11 is 0. The molecule has 21 heavy (non-hydrogen) atoms. The highest BCUT2D eigenvalue weighted by molar-refractivity contribution is 7.89. The number of likely N-dealkylation sites (N-methyl/N-ethyl adjacent to an activating group) is 1. The number of hydrogen-bond acceptors (Lipinski definition) is 4. The van der Waals surface area contributed by atoms with Crippen LogP contribution in [0.25, 0.3) is 0 Å². The number of primary sulfonamides is 1. The van der Waals surface area contributed by atoms with Gasteiger partial charge in [-0.2, -0.15) is 0 Å². The van der Waals surface area contributed by atoms with E-state index < -0.39 is 10.0 Å². The summed E-state index contributed by atoms with van der Waals surface area (Å²) in [6, 6.07) is 5.76. The molecule has 0 fully saturated rings. The maximum atomic E-state index is 12.0. The molecule has 0 aromatic heterocycles. The van der Waals surface area contributed by atoms with Crippen molar-refractivity contribution in [3.63, 3.8) is 0 Å². The Balaban J connectivity index is 2.68. The summed E-state index contributed by atoms with van der Waals surface area (Å²) in [6.07, 6.45) is 0.930. The van der Waals surface area contributed by atoms with Gasteiger partial charge in [0.05, 0.1) is 11.4 Å². The molecule has 0 aliphatic heterocycles. The molecule has 0 saturated carbocycles. The van der Waals surface area contributed by atoms with Gasteiger partial charge in [0.2, 0.25) is 15.9 Å². The molecule has 0 aliphatic carbocycles. The Hall–Kier alpha value is -1.44. The fourth-order valence-corrected chi connectivity index (χ4v) is 2.14. The highest BCUT2D eigenvalue weighted by atomic mass is 32.2. The predicted molar refractivity (Wildman–Crippen MR) is 83.4 cm³/mol. The third kappa shape index (κ3) is 5.11. The van der Waals surface area contributed by atoms with Crippen molar-refractivity contribution < 1.29 is 13.2 Å². The summed E-state index contributed by atoms with van der Waals surface area (Å²) < 4.78 is 22.3. The fraction of sp³-hybridized carbons (Fsp3) is 0.500. The lowest BCUT2D eigenvalue weighted by Gasteiger charge is -2.34. The number of benzene rings is 1. The van der Waals surface area contributed by atoms with Gasteiger partial charge in [0, 0.05) is 11.2 Å². The molecule has 0 bridgehead atoms. The second kappa shape index (κ2) is 6.55. The minimum absolute atomic E-state index is 0.0183. The highest BCUT2D eigenvalue weighted by Crippen LogP contribution is 2.17. The first-order chi connectivity index (χ1) is 9.56. The van der Waals surface area contributed by atoms with Crippen LogP contribution in [-0.4, -0.2) is 38.4 Å². The number of sulfonamides is 1. The van der Waals surface area contributed by atoms with E-state index in [1.165, 1.54) is 24.3 Å². The van der Waals surface area contributed by atoms with E-state index in [2.05, 4.69) is 26.1 Å². The lowest BCUT2D eigenvalue weighted by atomic mass is 10.0. The zero-order valence-electron chi connectivity index (χ0n) is 12.9. The molecule has 0 saturated heterocycles. The first kappa shape index (κ1) is 17.6. The molecule has 0 unspecified atom stereocenters. The van der Waals surface area contributed by atoms with Crippen molar-refractivity contribution in [2.24, 2.45) is 5.14 Å². The van der Waals surface area contributed by atoms with Crippen LogP contribution in [0.2, 0.25) is 0 Å². The average Bonchev–Trinajstić information content (AvgIpc) is 2.38. The van der Waals surface area contributed by atoms with Crippen molar-refractivity contribution in [2.75, 3.05) is 18.9 Å². The Labute approximate surface area is 126 Å². The Morgan fingerprint density at radius 1 is 1.29 bits per heavy atom. The summed E-state index contributed by atoms with van der Waals surface area (Å²) in [5.74, 6) is -0.151. The van der Waals surface area contributed by atoms with Gasteiger partial charge in [-0.15, -0.1) is 0 Å². The van der Waals surface area contributed by atoms with Crippen LogP contribution >= 0.6 is 0 Å². The van der Waals surface area contributed by atoms with Crippen LogP contribution in [0, 0.1) is 0 Å². The predicted octanol–water partition coefficient (Wildman–Crippen LogP) is 1.39. The largest absolute Gasteiger partial charge is 0.325 e. The summed E-state index contributed by atoms with van der Waals surface area (Å²) in [6.45, 7) is 6.47. The number of amides is 1. The second-order valence-electron chi connectivity index (χ2n) is 5.64. The zero-order chi connectivity index (χ0) is 16.3. The second-order valence-corrected chi connectivity index (χ2v) is 7.20. The maximum absolute atomic E-state index is 12.0. The average molecular weight is 313 g/mol. The van der Waals surface area contributed by atoms with Crippen molar-refractivity contribution in [3.8, 4) is 0 Å². The van der Waals surface area contributed by atoms with Crippen LogP contribution < -0.4 is 10.5 Å². The molecule has 1 aromatic carbocycles. The first-order valence-corrected chi connectivity index (χ1v) is 8.25. The van der Waals surface area contributed by atoms with E-state index in [9.17, 15) is 13.2 Å². The molecule has 0 aliphatic rings. The van der Waals surface area contributed by atoms with E-state index in [1.54, 1.807) is 0 Å². The molecular formula is C14H23N3O3S. The Bertz CT molecular complexity index is 594. The molecule has 118 valence electrons. The maximum Gasteiger partial charge on any atom is 0.238 e. The fourth-order valence-electron chi connectivity index (χ4n) is 1.63. The molecule has 0 heterocycles. The van der Waals surface area contributed by atoms with E-state index in [4.69, 9.17) is 5.14 Å². The van der Waals surface area contributed by atoms with E-state index in [0.29, 0.717) is 5.69 Å². The number of carbonyl (C=O) groups excluding carboxylic acids is 1. The molecule has 3 N–H and O–H groups in total. The van der Waals surface area contributed by atoms with Crippen molar-refractivity contribution in [3.05, 3.63) is 24.3 Å². The zero-order valence-corrected chi connectivity index (χ0v) is 13.7. The Kier molecular flexibility index (Phi) is 5.49. The normalized spacial score (nSPS) is 12.5. The van der Waals surface area contributed by atoms with Gasteiger partial charge >= 0.3 is 0 Å². The van der Waals surface area contributed by atoms with Crippen molar-refractivity contribution in [1.29, 1.82) is 0 Å². The van der Waals surface area contributed by atoms with Crippen LogP contribution in [0.15, 0.2) is 29.2 Å². The van der Waals surface area contributed by atoms with Crippen LogP contribution in [-0.2, 0) is 14.8 Å². The standard InChI is InChI=1S/C14H23N3O3S/c1-5-14(2,3)17(4)10-13(18)16-11-6-8-12(9-7-11)21(15,19)20/h6-9H,5,10H2,1-4H3,(H,16,18)(H2,15,19,20). The minimum Gasteiger partial charge on any atom is -0.325 e. The van der Waals surface area contributed by atoms with Crippen LogP contribution in [0.1, 0.15) is 27.2 Å². The van der Waals surface area contributed by atoms with Gasteiger partial charge in [-0.3, -0.25) is 9.69 Å². The number of nitrogens with two attached hydrogens (primary N) is 1. The van der Waals surface area contributed by atoms with Crippen molar-refractivity contribution in [1.82, 2.24) is 4.90 Å². The monoisotopic (exact) mass is 313 g/mol. The highest BCUT2D eigenvalue weighted by Gasteiger charge is 2.22. The Morgan fingerprint density at radius 2 is 1.81 bits per heavy atom. The molecule has 0 spiro atoms. The number of carbonyl (C=O) groups is 1.